The van der Waals surface area contributed by atoms with Crippen molar-refractivity contribution in [1.29, 1.82) is 0 Å². The third kappa shape index (κ3) is 4.22. The SMILES string of the molecule is COc1ccc(C#CCO)cc1NC(=O)C1CCCCO1. The van der Waals surface area contributed by atoms with Crippen LogP contribution < -0.4 is 10.1 Å². The molecule has 0 spiro atoms. The van der Waals surface area contributed by atoms with Gasteiger partial charge in [0.25, 0.3) is 5.91 Å². The van der Waals surface area contributed by atoms with Crippen LogP contribution in [0.1, 0.15) is 24.8 Å². The van der Waals surface area contributed by atoms with E-state index in [0.29, 0.717) is 23.6 Å². The van der Waals surface area contributed by atoms with Gasteiger partial charge in [0.05, 0.1) is 12.8 Å². The molecule has 1 aliphatic rings. The minimum absolute atomic E-state index is 0.166. The van der Waals surface area contributed by atoms with Gasteiger partial charge in [-0.1, -0.05) is 11.8 Å². The lowest BCUT2D eigenvalue weighted by atomic mass is 10.1. The number of aliphatic hydroxyl groups excluding tert-OH is 1. The number of amides is 1. The molecule has 21 heavy (non-hydrogen) atoms. The van der Waals surface area contributed by atoms with Crippen molar-refractivity contribution < 1.29 is 19.4 Å². The summed E-state index contributed by atoms with van der Waals surface area (Å²) >= 11 is 0. The van der Waals surface area contributed by atoms with E-state index in [0.717, 1.165) is 19.3 Å². The highest BCUT2D eigenvalue weighted by molar-refractivity contribution is 5.95. The van der Waals surface area contributed by atoms with Crippen molar-refractivity contribution in [1.82, 2.24) is 0 Å². The van der Waals surface area contributed by atoms with Gasteiger partial charge in [0.1, 0.15) is 18.5 Å². The summed E-state index contributed by atoms with van der Waals surface area (Å²) in [6.07, 6.45) is 2.32. The molecule has 1 fully saturated rings. The standard InChI is InChI=1S/C16H19NO4/c1-20-14-8-7-12(5-4-9-18)11-13(14)17-16(19)15-6-2-3-10-21-15/h7-8,11,15,18H,2-3,6,9-10H2,1H3,(H,17,19). The van der Waals surface area contributed by atoms with E-state index in [1.54, 1.807) is 25.3 Å². The van der Waals surface area contributed by atoms with Crippen LogP contribution in [-0.4, -0.2) is 37.4 Å². The Labute approximate surface area is 124 Å². The summed E-state index contributed by atoms with van der Waals surface area (Å²) in [5, 5.41) is 11.6. The maximum absolute atomic E-state index is 12.2. The van der Waals surface area contributed by atoms with Crippen LogP contribution in [0.2, 0.25) is 0 Å². The van der Waals surface area contributed by atoms with Crippen molar-refractivity contribution >= 4 is 11.6 Å². The van der Waals surface area contributed by atoms with Crippen molar-refractivity contribution in [3.8, 4) is 17.6 Å². The van der Waals surface area contributed by atoms with E-state index in [9.17, 15) is 4.79 Å². The number of rotatable bonds is 3. The monoisotopic (exact) mass is 289 g/mol. The molecule has 1 aromatic carbocycles. The fourth-order valence-electron chi connectivity index (χ4n) is 2.19. The number of hydrogen-bond donors (Lipinski definition) is 2. The summed E-state index contributed by atoms with van der Waals surface area (Å²) < 4.78 is 10.7. The highest BCUT2D eigenvalue weighted by atomic mass is 16.5. The van der Waals surface area contributed by atoms with Gasteiger partial charge in [0.2, 0.25) is 0 Å². The molecule has 0 aliphatic carbocycles. The smallest absolute Gasteiger partial charge is 0.253 e. The molecule has 0 radical (unpaired) electrons. The van der Waals surface area contributed by atoms with Crippen molar-refractivity contribution in [3.63, 3.8) is 0 Å². The number of benzene rings is 1. The summed E-state index contributed by atoms with van der Waals surface area (Å²) in [6.45, 7) is 0.418. The first-order valence-electron chi connectivity index (χ1n) is 6.95. The Balaban J connectivity index is 2.14. The molecule has 1 aromatic rings. The second-order valence-electron chi connectivity index (χ2n) is 4.72. The number of hydrogen-bond acceptors (Lipinski definition) is 4. The molecule has 1 unspecified atom stereocenters. The molecule has 112 valence electrons. The topological polar surface area (TPSA) is 67.8 Å². The number of methoxy groups -OCH3 is 1. The zero-order valence-corrected chi connectivity index (χ0v) is 12.0. The lowest BCUT2D eigenvalue weighted by molar-refractivity contribution is -0.129. The van der Waals surface area contributed by atoms with E-state index in [4.69, 9.17) is 14.6 Å². The van der Waals surface area contributed by atoms with Crippen LogP contribution in [0.5, 0.6) is 5.75 Å². The maximum atomic E-state index is 12.2. The number of anilines is 1. The highest BCUT2D eigenvalue weighted by Gasteiger charge is 2.22. The van der Waals surface area contributed by atoms with Crippen LogP contribution in [0.3, 0.4) is 0 Å². The molecule has 0 bridgehead atoms. The average molecular weight is 289 g/mol. The van der Waals surface area contributed by atoms with Gasteiger partial charge in [-0.25, -0.2) is 0 Å². The zero-order chi connectivity index (χ0) is 15.1. The van der Waals surface area contributed by atoms with E-state index >= 15 is 0 Å². The number of aliphatic hydroxyl groups is 1. The van der Waals surface area contributed by atoms with Gasteiger partial charge < -0.3 is 19.9 Å². The van der Waals surface area contributed by atoms with E-state index in [1.165, 1.54) is 0 Å². The number of nitrogens with one attached hydrogen (secondary N) is 1. The average Bonchev–Trinajstić information content (AvgIpc) is 2.54. The quantitative estimate of drug-likeness (QED) is 0.828. The Morgan fingerprint density at radius 3 is 3.05 bits per heavy atom. The minimum Gasteiger partial charge on any atom is -0.495 e. The van der Waals surface area contributed by atoms with Gasteiger partial charge in [-0.05, 0) is 37.5 Å². The molecular formula is C16H19NO4. The molecule has 2 N–H and O–H groups in total. The Morgan fingerprint density at radius 2 is 2.38 bits per heavy atom. The lowest BCUT2D eigenvalue weighted by Crippen LogP contribution is -2.33. The van der Waals surface area contributed by atoms with Crippen LogP contribution in [0, 0.1) is 11.8 Å². The van der Waals surface area contributed by atoms with Crippen LogP contribution >= 0.6 is 0 Å². The second kappa shape index (κ2) is 7.67. The van der Waals surface area contributed by atoms with E-state index in [-0.39, 0.29) is 12.5 Å². The van der Waals surface area contributed by atoms with E-state index in [1.807, 2.05) is 0 Å². The number of carbonyl (C=O) groups excluding carboxylic acids is 1. The molecule has 5 nitrogen and oxygen atoms in total. The van der Waals surface area contributed by atoms with Crippen molar-refractivity contribution in [2.75, 3.05) is 25.6 Å². The predicted molar refractivity (Wildman–Crippen MR) is 79.2 cm³/mol. The molecule has 1 aliphatic heterocycles. The van der Waals surface area contributed by atoms with Gasteiger partial charge in [-0.2, -0.15) is 0 Å². The molecule has 2 rings (SSSR count). The minimum atomic E-state index is -0.407. The number of carbonyl (C=O) groups is 1. The van der Waals surface area contributed by atoms with E-state index < -0.39 is 6.10 Å². The summed E-state index contributed by atoms with van der Waals surface area (Å²) in [6, 6.07) is 5.23. The summed E-state index contributed by atoms with van der Waals surface area (Å²) in [4.78, 5) is 12.2. The van der Waals surface area contributed by atoms with E-state index in [2.05, 4.69) is 17.2 Å². The van der Waals surface area contributed by atoms with Crippen molar-refractivity contribution in [3.05, 3.63) is 23.8 Å². The fraction of sp³-hybridized carbons (Fsp3) is 0.438. The molecular weight excluding hydrogens is 270 g/mol. The molecule has 0 aromatic heterocycles. The lowest BCUT2D eigenvalue weighted by Gasteiger charge is -2.22. The summed E-state index contributed by atoms with van der Waals surface area (Å²) in [7, 11) is 1.54. The summed E-state index contributed by atoms with van der Waals surface area (Å²) in [5.41, 5.74) is 1.26. The number of ether oxygens (including phenoxy) is 2. The Hall–Kier alpha value is -2.03. The van der Waals surface area contributed by atoms with Gasteiger partial charge in [0.15, 0.2) is 0 Å². The van der Waals surface area contributed by atoms with Gasteiger partial charge in [-0.15, -0.1) is 0 Å². The van der Waals surface area contributed by atoms with Gasteiger partial charge in [0, 0.05) is 12.2 Å². The summed E-state index contributed by atoms with van der Waals surface area (Å²) in [5.74, 6) is 5.77. The Morgan fingerprint density at radius 1 is 1.52 bits per heavy atom. The van der Waals surface area contributed by atoms with Crippen LogP contribution in [0.4, 0.5) is 5.69 Å². The normalized spacial score (nSPS) is 17.5. The molecule has 5 heteroatoms. The highest BCUT2D eigenvalue weighted by Crippen LogP contribution is 2.26. The fourth-order valence-corrected chi connectivity index (χ4v) is 2.19. The van der Waals surface area contributed by atoms with Crippen LogP contribution in [-0.2, 0) is 9.53 Å². The second-order valence-corrected chi connectivity index (χ2v) is 4.72. The van der Waals surface area contributed by atoms with Crippen LogP contribution in [0.25, 0.3) is 0 Å². The predicted octanol–water partition coefficient (Wildman–Crippen LogP) is 1.55. The van der Waals surface area contributed by atoms with Crippen molar-refractivity contribution in [2.24, 2.45) is 0 Å². The molecule has 1 heterocycles. The first kappa shape index (κ1) is 15.4. The third-order valence-electron chi connectivity index (χ3n) is 3.24. The third-order valence-corrected chi connectivity index (χ3v) is 3.24. The molecule has 1 saturated heterocycles. The maximum Gasteiger partial charge on any atom is 0.253 e. The molecule has 1 amide bonds. The largest absolute Gasteiger partial charge is 0.495 e. The molecule has 0 saturated carbocycles. The van der Waals surface area contributed by atoms with Gasteiger partial charge >= 0.3 is 0 Å². The Kier molecular flexibility index (Phi) is 5.61. The van der Waals surface area contributed by atoms with Gasteiger partial charge in [-0.3, -0.25) is 4.79 Å². The zero-order valence-electron chi connectivity index (χ0n) is 12.0. The first-order chi connectivity index (χ1) is 10.2. The van der Waals surface area contributed by atoms with Crippen molar-refractivity contribution in [2.45, 2.75) is 25.4 Å². The van der Waals surface area contributed by atoms with Crippen LogP contribution in [0.15, 0.2) is 18.2 Å². The Bertz CT molecular complexity index is 553. The first-order valence-corrected chi connectivity index (χ1v) is 6.95. The molecule has 1 atom stereocenters.